The number of nitrogen functional groups attached to an aromatic ring is 1. The predicted molar refractivity (Wildman–Crippen MR) is 135 cm³/mol. The second kappa shape index (κ2) is 9.67. The number of nitrogens with two attached hydrogens (primary N) is 3. The maximum atomic E-state index is 12.7. The van der Waals surface area contributed by atoms with Gasteiger partial charge in [-0.1, -0.05) is 12.1 Å². The molecule has 3 heterocycles. The zero-order chi connectivity index (χ0) is 25.4. The van der Waals surface area contributed by atoms with E-state index in [0.29, 0.717) is 38.7 Å². The highest BCUT2D eigenvalue weighted by atomic mass is 16.5. The number of hydrogen-bond donors (Lipinski definition) is 4. The SMILES string of the molecule is Cc1cc(N)nc2c1C(NC(=O)/C(N)=C/N(N)Cc1ccc(N3CC4COCCN4C3=O)cc1)CC2. The van der Waals surface area contributed by atoms with Gasteiger partial charge in [-0.25, -0.2) is 15.6 Å². The van der Waals surface area contributed by atoms with E-state index in [1.807, 2.05) is 42.2 Å². The lowest BCUT2D eigenvalue weighted by atomic mass is 10.1. The van der Waals surface area contributed by atoms with Crippen LogP contribution >= 0.6 is 0 Å². The Balaban J connectivity index is 1.18. The molecule has 36 heavy (non-hydrogen) atoms. The number of ether oxygens (including phenoxy) is 1. The molecule has 2 saturated heterocycles. The Morgan fingerprint density at radius 1 is 1.33 bits per heavy atom. The largest absolute Gasteiger partial charge is 0.393 e. The van der Waals surface area contributed by atoms with Crippen LogP contribution in [0.3, 0.4) is 0 Å². The number of benzene rings is 1. The number of hydrazine groups is 1. The van der Waals surface area contributed by atoms with Crippen LogP contribution in [-0.2, 0) is 22.5 Å². The van der Waals surface area contributed by atoms with Crippen LogP contribution in [0, 0.1) is 6.92 Å². The Labute approximate surface area is 209 Å². The van der Waals surface area contributed by atoms with Crippen LogP contribution < -0.4 is 27.5 Å². The number of nitrogens with one attached hydrogen (secondary N) is 1. The number of fused-ring (bicyclic) bond motifs is 2. The number of pyridine rings is 1. The number of amides is 3. The van der Waals surface area contributed by atoms with Gasteiger partial charge in [0.1, 0.15) is 11.5 Å². The summed E-state index contributed by atoms with van der Waals surface area (Å²) in [6.07, 6.45) is 2.93. The van der Waals surface area contributed by atoms with Crippen molar-refractivity contribution in [2.45, 2.75) is 38.4 Å². The van der Waals surface area contributed by atoms with E-state index in [4.69, 9.17) is 22.0 Å². The van der Waals surface area contributed by atoms with Crippen molar-refractivity contribution in [1.82, 2.24) is 20.2 Å². The third kappa shape index (κ3) is 4.67. The fourth-order valence-electron chi connectivity index (χ4n) is 5.25. The summed E-state index contributed by atoms with van der Waals surface area (Å²) in [4.78, 5) is 33.5. The summed E-state index contributed by atoms with van der Waals surface area (Å²) in [6, 6.07) is 9.40. The quantitative estimate of drug-likeness (QED) is 0.263. The molecule has 0 saturated carbocycles. The van der Waals surface area contributed by atoms with Gasteiger partial charge in [0.05, 0.1) is 38.4 Å². The molecule has 1 aliphatic carbocycles. The Bertz CT molecular complexity index is 1200. The summed E-state index contributed by atoms with van der Waals surface area (Å²) in [7, 11) is 0. The van der Waals surface area contributed by atoms with E-state index in [0.717, 1.165) is 40.9 Å². The summed E-state index contributed by atoms with van der Waals surface area (Å²) in [6.45, 7) is 4.70. The number of carbonyl (C=O) groups is 2. The molecule has 2 aliphatic heterocycles. The standard InChI is InChI=1S/C25H32N8O3/c1-15-10-22(27)29-20-6-7-21(23(15)20)30-24(34)19(26)13-31(28)11-16-2-4-17(5-3-16)33-12-18-14-36-9-8-32(18)25(33)35/h2-5,10,13,18,21H,6-9,11-12,14,26,28H2,1H3,(H2,27,29)(H,30,34)/b19-13-. The average molecular weight is 493 g/mol. The zero-order valence-corrected chi connectivity index (χ0v) is 20.3. The maximum Gasteiger partial charge on any atom is 0.325 e. The van der Waals surface area contributed by atoms with Gasteiger partial charge in [0.25, 0.3) is 5.91 Å². The molecule has 5 rings (SSSR count). The molecule has 11 nitrogen and oxygen atoms in total. The lowest BCUT2D eigenvalue weighted by Crippen LogP contribution is -2.44. The van der Waals surface area contributed by atoms with Crippen LogP contribution in [0.5, 0.6) is 0 Å². The normalized spacial score (nSPS) is 21.4. The average Bonchev–Trinajstić information content (AvgIpc) is 3.40. The maximum absolute atomic E-state index is 12.7. The number of urea groups is 1. The Hall–Kier alpha value is -3.83. The Kier molecular flexibility index (Phi) is 6.42. The highest BCUT2D eigenvalue weighted by molar-refractivity contribution is 5.95. The number of carbonyl (C=O) groups excluding carboxylic acids is 2. The van der Waals surface area contributed by atoms with Gasteiger partial charge in [0.2, 0.25) is 0 Å². The van der Waals surface area contributed by atoms with Gasteiger partial charge in [-0.3, -0.25) is 9.69 Å². The number of anilines is 2. The minimum atomic E-state index is -0.386. The van der Waals surface area contributed by atoms with Gasteiger partial charge < -0.3 is 31.4 Å². The molecule has 0 radical (unpaired) electrons. The highest BCUT2D eigenvalue weighted by Crippen LogP contribution is 2.33. The minimum Gasteiger partial charge on any atom is -0.393 e. The molecule has 0 bridgehead atoms. The fourth-order valence-corrected chi connectivity index (χ4v) is 5.25. The van der Waals surface area contributed by atoms with Crippen LogP contribution in [0.4, 0.5) is 16.3 Å². The van der Waals surface area contributed by atoms with Gasteiger partial charge in [-0.15, -0.1) is 0 Å². The molecular weight excluding hydrogens is 460 g/mol. The van der Waals surface area contributed by atoms with Crippen LogP contribution in [0.2, 0.25) is 0 Å². The second-order valence-corrected chi connectivity index (χ2v) is 9.53. The lowest BCUT2D eigenvalue weighted by Gasteiger charge is -2.27. The fraction of sp³-hybridized carbons (Fsp3) is 0.400. The number of morpholine rings is 1. The van der Waals surface area contributed by atoms with Crippen molar-refractivity contribution in [3.05, 3.63) is 64.6 Å². The third-order valence-corrected chi connectivity index (χ3v) is 6.97. The lowest BCUT2D eigenvalue weighted by molar-refractivity contribution is -0.118. The van der Waals surface area contributed by atoms with Crippen molar-refractivity contribution < 1.29 is 14.3 Å². The van der Waals surface area contributed by atoms with Crippen LogP contribution in [0.15, 0.2) is 42.2 Å². The highest BCUT2D eigenvalue weighted by Gasteiger charge is 2.39. The van der Waals surface area contributed by atoms with E-state index in [1.54, 1.807) is 4.90 Å². The Morgan fingerprint density at radius 3 is 2.86 bits per heavy atom. The Morgan fingerprint density at radius 2 is 2.11 bits per heavy atom. The molecule has 190 valence electrons. The summed E-state index contributed by atoms with van der Waals surface area (Å²) in [5.74, 6) is 6.22. The summed E-state index contributed by atoms with van der Waals surface area (Å²) in [5, 5.41) is 4.36. The molecule has 3 aliphatic rings. The van der Waals surface area contributed by atoms with Crippen molar-refractivity contribution in [3.63, 3.8) is 0 Å². The topological polar surface area (TPSA) is 156 Å². The molecule has 2 unspecified atom stereocenters. The van der Waals surface area contributed by atoms with E-state index in [-0.39, 0.29) is 29.7 Å². The van der Waals surface area contributed by atoms with Gasteiger partial charge in [0.15, 0.2) is 0 Å². The molecule has 1 aromatic heterocycles. The third-order valence-electron chi connectivity index (χ3n) is 6.97. The number of hydrogen-bond acceptors (Lipinski definition) is 8. The van der Waals surface area contributed by atoms with Crippen molar-refractivity contribution in [3.8, 4) is 0 Å². The van der Waals surface area contributed by atoms with E-state index < -0.39 is 0 Å². The summed E-state index contributed by atoms with van der Waals surface area (Å²) in [5.41, 5.74) is 16.6. The molecule has 3 amide bonds. The minimum absolute atomic E-state index is 0.0116. The molecule has 11 heteroatoms. The van der Waals surface area contributed by atoms with Crippen LogP contribution in [0.1, 0.15) is 34.8 Å². The van der Waals surface area contributed by atoms with Crippen molar-refractivity contribution in [2.24, 2.45) is 11.6 Å². The number of aromatic nitrogens is 1. The zero-order valence-electron chi connectivity index (χ0n) is 20.3. The molecule has 1 aromatic carbocycles. The van der Waals surface area contributed by atoms with Gasteiger partial charge in [-0.05, 0) is 54.7 Å². The predicted octanol–water partition coefficient (Wildman–Crippen LogP) is 0.893. The van der Waals surface area contributed by atoms with Crippen molar-refractivity contribution in [2.75, 3.05) is 36.9 Å². The second-order valence-electron chi connectivity index (χ2n) is 9.53. The molecule has 7 N–H and O–H groups in total. The number of rotatable bonds is 6. The summed E-state index contributed by atoms with van der Waals surface area (Å²) >= 11 is 0. The molecule has 0 spiro atoms. The van der Waals surface area contributed by atoms with E-state index in [2.05, 4.69) is 10.3 Å². The van der Waals surface area contributed by atoms with E-state index >= 15 is 0 Å². The van der Waals surface area contributed by atoms with Gasteiger partial charge in [0, 0.05) is 24.1 Å². The first-order chi connectivity index (χ1) is 17.3. The van der Waals surface area contributed by atoms with Crippen molar-refractivity contribution >= 4 is 23.4 Å². The van der Waals surface area contributed by atoms with Gasteiger partial charge in [-0.2, -0.15) is 0 Å². The van der Waals surface area contributed by atoms with E-state index in [1.165, 1.54) is 11.2 Å². The molecular formula is C25H32N8O3. The summed E-state index contributed by atoms with van der Waals surface area (Å²) < 4.78 is 5.50. The first-order valence-corrected chi connectivity index (χ1v) is 12.1. The molecule has 2 atom stereocenters. The smallest absolute Gasteiger partial charge is 0.325 e. The first kappa shape index (κ1) is 23.9. The van der Waals surface area contributed by atoms with Crippen molar-refractivity contribution in [1.29, 1.82) is 0 Å². The first-order valence-electron chi connectivity index (χ1n) is 12.1. The molecule has 2 aromatic rings. The molecule has 2 fully saturated rings. The van der Waals surface area contributed by atoms with E-state index in [9.17, 15) is 9.59 Å². The number of nitrogens with zero attached hydrogens (tertiary/aromatic N) is 4. The van der Waals surface area contributed by atoms with Crippen LogP contribution in [0.25, 0.3) is 0 Å². The van der Waals surface area contributed by atoms with Gasteiger partial charge >= 0.3 is 6.03 Å². The number of aryl methyl sites for hydroxylation is 2. The monoisotopic (exact) mass is 492 g/mol. The van der Waals surface area contributed by atoms with Crippen LogP contribution in [-0.4, -0.2) is 59.2 Å².